The number of nitrogens with one attached hydrogen (secondary N) is 2. The molecule has 3 amide bonds. The summed E-state index contributed by atoms with van der Waals surface area (Å²) in [4.78, 5) is 26.8. The van der Waals surface area contributed by atoms with Gasteiger partial charge < -0.3 is 15.5 Å². The molecule has 0 saturated carbocycles. The van der Waals surface area contributed by atoms with Crippen LogP contribution in [0, 0.1) is 13.8 Å². The Bertz CT molecular complexity index is 832. The van der Waals surface area contributed by atoms with E-state index in [-0.39, 0.29) is 11.9 Å². The highest BCUT2D eigenvalue weighted by Gasteiger charge is 2.33. The normalized spacial score (nSPS) is 16.7. The summed E-state index contributed by atoms with van der Waals surface area (Å²) in [6.45, 7) is 6.74. The number of aryl methyl sites for hydroxylation is 3. The Morgan fingerprint density at radius 2 is 1.92 bits per heavy atom. The van der Waals surface area contributed by atoms with Crippen molar-refractivity contribution in [3.8, 4) is 0 Å². The van der Waals surface area contributed by atoms with Crippen molar-refractivity contribution < 1.29 is 9.59 Å². The Hall–Kier alpha value is -2.82. The SMILES string of the molecule is CCc1ccccc1NC(=O)NC1CCN(c2ccc(C)c(C)c2)C1=O. The fourth-order valence-electron chi connectivity index (χ4n) is 3.23. The quantitative estimate of drug-likeness (QED) is 0.880. The van der Waals surface area contributed by atoms with E-state index >= 15 is 0 Å². The molecule has 0 aromatic heterocycles. The van der Waals surface area contributed by atoms with E-state index in [9.17, 15) is 9.59 Å². The Labute approximate surface area is 154 Å². The maximum atomic E-state index is 12.7. The molecule has 2 aromatic carbocycles. The Morgan fingerprint density at radius 3 is 2.65 bits per heavy atom. The van der Waals surface area contributed by atoms with Crippen molar-refractivity contribution in [2.24, 2.45) is 0 Å². The summed E-state index contributed by atoms with van der Waals surface area (Å²) in [5.74, 6) is -0.0628. The number of rotatable bonds is 4. The minimum atomic E-state index is -0.495. The van der Waals surface area contributed by atoms with Gasteiger partial charge in [0, 0.05) is 17.9 Å². The molecule has 5 nitrogen and oxygen atoms in total. The zero-order valence-electron chi connectivity index (χ0n) is 15.5. The van der Waals surface area contributed by atoms with Crippen LogP contribution >= 0.6 is 0 Å². The monoisotopic (exact) mass is 351 g/mol. The second-order valence-corrected chi connectivity index (χ2v) is 6.71. The molecule has 1 aliphatic heterocycles. The number of carbonyl (C=O) groups excluding carboxylic acids is 2. The molecule has 2 N–H and O–H groups in total. The van der Waals surface area contributed by atoms with Crippen LogP contribution in [-0.4, -0.2) is 24.5 Å². The zero-order chi connectivity index (χ0) is 18.7. The molecule has 2 aromatic rings. The molecule has 1 unspecified atom stereocenters. The highest BCUT2D eigenvalue weighted by molar-refractivity contribution is 6.02. The summed E-state index contributed by atoms with van der Waals surface area (Å²) in [5.41, 5.74) is 5.09. The van der Waals surface area contributed by atoms with Gasteiger partial charge in [0.2, 0.25) is 5.91 Å². The first-order chi connectivity index (χ1) is 12.5. The molecule has 1 fully saturated rings. The lowest BCUT2D eigenvalue weighted by molar-refractivity contribution is -0.118. The van der Waals surface area contributed by atoms with Crippen LogP contribution in [0.5, 0.6) is 0 Å². The Morgan fingerprint density at radius 1 is 1.15 bits per heavy atom. The second-order valence-electron chi connectivity index (χ2n) is 6.71. The first-order valence-electron chi connectivity index (χ1n) is 9.03. The predicted octanol–water partition coefficient (Wildman–Crippen LogP) is 3.79. The number of nitrogens with zero attached hydrogens (tertiary/aromatic N) is 1. The molecule has 26 heavy (non-hydrogen) atoms. The lowest BCUT2D eigenvalue weighted by atomic mass is 10.1. The Balaban J connectivity index is 1.65. The molecule has 1 heterocycles. The molecule has 0 radical (unpaired) electrons. The summed E-state index contributed by atoms with van der Waals surface area (Å²) in [6, 6.07) is 12.9. The van der Waals surface area contributed by atoms with Gasteiger partial charge in [0.15, 0.2) is 0 Å². The van der Waals surface area contributed by atoms with Crippen molar-refractivity contribution in [2.75, 3.05) is 16.8 Å². The largest absolute Gasteiger partial charge is 0.326 e. The maximum absolute atomic E-state index is 12.7. The minimum Gasteiger partial charge on any atom is -0.326 e. The second kappa shape index (κ2) is 7.60. The molecule has 0 bridgehead atoms. The van der Waals surface area contributed by atoms with Crippen molar-refractivity contribution in [1.29, 1.82) is 0 Å². The zero-order valence-corrected chi connectivity index (χ0v) is 15.5. The summed E-state index contributed by atoms with van der Waals surface area (Å²) < 4.78 is 0. The summed E-state index contributed by atoms with van der Waals surface area (Å²) >= 11 is 0. The van der Waals surface area contributed by atoms with Gasteiger partial charge in [0.1, 0.15) is 6.04 Å². The van der Waals surface area contributed by atoms with Gasteiger partial charge in [-0.05, 0) is 61.6 Å². The van der Waals surface area contributed by atoms with Gasteiger partial charge in [-0.2, -0.15) is 0 Å². The van der Waals surface area contributed by atoms with E-state index in [1.54, 1.807) is 4.90 Å². The molecule has 1 saturated heterocycles. The van der Waals surface area contributed by atoms with Gasteiger partial charge in [0.05, 0.1) is 0 Å². The highest BCUT2D eigenvalue weighted by atomic mass is 16.2. The first kappa shape index (κ1) is 18.0. The summed E-state index contributed by atoms with van der Waals surface area (Å²) in [5, 5.41) is 5.67. The van der Waals surface area contributed by atoms with Gasteiger partial charge in [-0.25, -0.2) is 4.79 Å². The van der Waals surface area contributed by atoms with Crippen LogP contribution in [0.4, 0.5) is 16.2 Å². The molecule has 136 valence electrons. The van der Waals surface area contributed by atoms with E-state index < -0.39 is 6.04 Å². The van der Waals surface area contributed by atoms with E-state index in [2.05, 4.69) is 10.6 Å². The molecule has 3 rings (SSSR count). The fourth-order valence-corrected chi connectivity index (χ4v) is 3.23. The van der Waals surface area contributed by atoms with Crippen molar-refractivity contribution in [1.82, 2.24) is 5.32 Å². The van der Waals surface area contributed by atoms with E-state index in [0.29, 0.717) is 13.0 Å². The number of carbonyl (C=O) groups is 2. The average molecular weight is 351 g/mol. The van der Waals surface area contributed by atoms with E-state index in [1.165, 1.54) is 5.56 Å². The number of hydrogen-bond acceptors (Lipinski definition) is 2. The minimum absolute atomic E-state index is 0.0628. The lowest BCUT2D eigenvalue weighted by Gasteiger charge is -2.19. The number of benzene rings is 2. The third-order valence-corrected chi connectivity index (χ3v) is 4.96. The van der Waals surface area contributed by atoms with Crippen molar-refractivity contribution in [3.05, 3.63) is 59.2 Å². The van der Waals surface area contributed by atoms with Crippen LogP contribution in [0.2, 0.25) is 0 Å². The number of anilines is 2. The van der Waals surface area contributed by atoms with E-state index in [4.69, 9.17) is 0 Å². The smallest absolute Gasteiger partial charge is 0.319 e. The standard InChI is InChI=1S/C21H25N3O2/c1-4-16-7-5-6-8-18(16)22-21(26)23-19-11-12-24(20(19)25)17-10-9-14(2)15(3)13-17/h5-10,13,19H,4,11-12H2,1-3H3,(H2,22,23,26). The van der Waals surface area contributed by atoms with Crippen molar-refractivity contribution in [3.63, 3.8) is 0 Å². The van der Waals surface area contributed by atoms with E-state index in [0.717, 1.165) is 28.9 Å². The predicted molar refractivity (Wildman–Crippen MR) is 105 cm³/mol. The van der Waals surface area contributed by atoms with Gasteiger partial charge in [0.25, 0.3) is 0 Å². The molecule has 1 aliphatic rings. The maximum Gasteiger partial charge on any atom is 0.319 e. The number of urea groups is 1. The number of hydrogen-bond donors (Lipinski definition) is 2. The Kier molecular flexibility index (Phi) is 5.26. The molecule has 0 aliphatic carbocycles. The van der Waals surface area contributed by atoms with Crippen LogP contribution < -0.4 is 15.5 Å². The van der Waals surface area contributed by atoms with Crippen LogP contribution in [0.25, 0.3) is 0 Å². The molecular formula is C21H25N3O2. The topological polar surface area (TPSA) is 61.4 Å². The number of amides is 3. The van der Waals surface area contributed by atoms with Crippen molar-refractivity contribution >= 4 is 23.3 Å². The van der Waals surface area contributed by atoms with Gasteiger partial charge in [-0.15, -0.1) is 0 Å². The van der Waals surface area contributed by atoms with Crippen LogP contribution in [0.15, 0.2) is 42.5 Å². The van der Waals surface area contributed by atoms with Crippen LogP contribution in [0.3, 0.4) is 0 Å². The first-order valence-corrected chi connectivity index (χ1v) is 9.03. The summed E-state index contributed by atoms with van der Waals surface area (Å²) in [6.07, 6.45) is 1.44. The average Bonchev–Trinajstić information content (AvgIpc) is 2.98. The van der Waals surface area contributed by atoms with Gasteiger partial charge in [-0.1, -0.05) is 31.2 Å². The van der Waals surface area contributed by atoms with Gasteiger partial charge >= 0.3 is 6.03 Å². The van der Waals surface area contributed by atoms with E-state index in [1.807, 2.05) is 63.2 Å². The summed E-state index contributed by atoms with van der Waals surface area (Å²) in [7, 11) is 0. The van der Waals surface area contributed by atoms with Crippen LogP contribution in [-0.2, 0) is 11.2 Å². The molecule has 0 spiro atoms. The lowest BCUT2D eigenvalue weighted by Crippen LogP contribution is -2.43. The highest BCUT2D eigenvalue weighted by Crippen LogP contribution is 2.24. The molecular weight excluding hydrogens is 326 g/mol. The third-order valence-electron chi connectivity index (χ3n) is 4.96. The van der Waals surface area contributed by atoms with Crippen molar-refractivity contribution in [2.45, 2.75) is 39.7 Å². The fraction of sp³-hybridized carbons (Fsp3) is 0.333. The molecule has 1 atom stereocenters. The third kappa shape index (κ3) is 3.72. The van der Waals surface area contributed by atoms with Gasteiger partial charge in [-0.3, -0.25) is 4.79 Å². The van der Waals surface area contributed by atoms with Crippen LogP contribution in [0.1, 0.15) is 30.0 Å². The molecule has 5 heteroatoms. The number of para-hydroxylation sites is 1.